The van der Waals surface area contributed by atoms with E-state index in [-0.39, 0.29) is 0 Å². The molecule has 0 unspecified atom stereocenters. The Hall–Kier alpha value is -1.55. The van der Waals surface area contributed by atoms with Gasteiger partial charge in [-0.25, -0.2) is 4.79 Å². The summed E-state index contributed by atoms with van der Waals surface area (Å²) in [5.41, 5.74) is 1.22. The van der Waals surface area contributed by atoms with Gasteiger partial charge in [-0.3, -0.25) is 0 Å². The molecule has 0 bridgehead atoms. The van der Waals surface area contributed by atoms with Crippen LogP contribution in [0.25, 0.3) is 0 Å². The van der Waals surface area contributed by atoms with Crippen LogP contribution in [0.5, 0.6) is 5.75 Å². The van der Waals surface area contributed by atoms with Crippen molar-refractivity contribution >= 4 is 6.09 Å². The summed E-state index contributed by atoms with van der Waals surface area (Å²) in [4.78, 5) is 11.3. The molecule has 0 radical (unpaired) electrons. The number of aryl methyl sites for hydroxylation is 1. The van der Waals surface area contributed by atoms with Gasteiger partial charge in [0.15, 0.2) is 0 Å². The molecule has 2 N–H and O–H groups in total. The molecule has 0 saturated heterocycles. The average molecular weight is 222 g/mol. The van der Waals surface area contributed by atoms with Gasteiger partial charge in [0.1, 0.15) is 5.75 Å². The van der Waals surface area contributed by atoms with Crippen LogP contribution in [0.3, 0.4) is 0 Å². The highest BCUT2D eigenvalue weighted by molar-refractivity contribution is 5.70. The summed E-state index contributed by atoms with van der Waals surface area (Å²) in [5, 5.41) is 5.57. The van der Waals surface area contributed by atoms with E-state index in [0.29, 0.717) is 12.3 Å². The van der Waals surface area contributed by atoms with Crippen LogP contribution in [-0.4, -0.2) is 26.2 Å². The van der Waals surface area contributed by atoms with Gasteiger partial charge in [0, 0.05) is 13.1 Å². The second-order valence-corrected chi connectivity index (χ2v) is 3.42. The summed E-state index contributed by atoms with van der Waals surface area (Å²) in [5.74, 6) is 0.569. The van der Waals surface area contributed by atoms with Crippen LogP contribution < -0.4 is 15.4 Å². The fraction of sp³-hybridized carbons (Fsp3) is 0.417. The van der Waals surface area contributed by atoms with E-state index in [9.17, 15) is 4.79 Å². The zero-order valence-electron chi connectivity index (χ0n) is 9.75. The van der Waals surface area contributed by atoms with E-state index in [1.165, 1.54) is 5.56 Å². The van der Waals surface area contributed by atoms with E-state index >= 15 is 0 Å². The molecule has 0 saturated carbocycles. The van der Waals surface area contributed by atoms with Crippen LogP contribution in [0, 0.1) is 0 Å². The molecular weight excluding hydrogens is 204 g/mol. The number of ether oxygens (including phenoxy) is 1. The maximum absolute atomic E-state index is 11.3. The van der Waals surface area contributed by atoms with E-state index in [2.05, 4.69) is 17.6 Å². The van der Waals surface area contributed by atoms with Gasteiger partial charge in [-0.15, -0.1) is 0 Å². The molecule has 0 aliphatic rings. The van der Waals surface area contributed by atoms with Gasteiger partial charge in [0.05, 0.1) is 0 Å². The summed E-state index contributed by atoms with van der Waals surface area (Å²) in [7, 11) is 1.83. The summed E-state index contributed by atoms with van der Waals surface area (Å²) >= 11 is 0. The number of rotatable bonds is 5. The molecule has 16 heavy (non-hydrogen) atoms. The van der Waals surface area contributed by atoms with Crippen LogP contribution >= 0.6 is 0 Å². The lowest BCUT2D eigenvalue weighted by molar-refractivity contribution is 0.200. The van der Waals surface area contributed by atoms with Crippen molar-refractivity contribution in [1.29, 1.82) is 0 Å². The molecule has 1 amide bonds. The highest BCUT2D eigenvalue weighted by Crippen LogP contribution is 2.12. The largest absolute Gasteiger partial charge is 0.412 e. The summed E-state index contributed by atoms with van der Waals surface area (Å²) < 4.78 is 5.08. The van der Waals surface area contributed by atoms with Crippen molar-refractivity contribution in [3.05, 3.63) is 29.8 Å². The molecule has 0 spiro atoms. The number of nitrogens with one attached hydrogen (secondary N) is 2. The normalized spacial score (nSPS) is 9.88. The Morgan fingerprint density at radius 1 is 1.25 bits per heavy atom. The summed E-state index contributed by atoms with van der Waals surface area (Å²) in [6.07, 6.45) is 0.564. The van der Waals surface area contributed by atoms with E-state index in [4.69, 9.17) is 4.74 Å². The first-order valence-corrected chi connectivity index (χ1v) is 5.45. The maximum Gasteiger partial charge on any atom is 0.412 e. The maximum atomic E-state index is 11.3. The lowest BCUT2D eigenvalue weighted by Crippen LogP contribution is -2.32. The van der Waals surface area contributed by atoms with Crippen LogP contribution in [-0.2, 0) is 6.42 Å². The van der Waals surface area contributed by atoms with E-state index in [0.717, 1.165) is 13.0 Å². The highest BCUT2D eigenvalue weighted by atomic mass is 16.5. The highest BCUT2D eigenvalue weighted by Gasteiger charge is 2.02. The molecule has 1 rings (SSSR count). The number of amides is 1. The third-order valence-corrected chi connectivity index (χ3v) is 2.19. The number of carbonyl (C=O) groups is 1. The molecule has 4 nitrogen and oxygen atoms in total. The molecule has 0 atom stereocenters. The first kappa shape index (κ1) is 12.5. The number of hydrogen-bond acceptors (Lipinski definition) is 3. The minimum absolute atomic E-state index is 0.417. The fourth-order valence-electron chi connectivity index (χ4n) is 1.23. The van der Waals surface area contributed by atoms with Crippen LogP contribution in [0.2, 0.25) is 0 Å². The van der Waals surface area contributed by atoms with Crippen molar-refractivity contribution in [2.24, 2.45) is 0 Å². The molecule has 0 aromatic heterocycles. The van der Waals surface area contributed by atoms with Crippen LogP contribution in [0.4, 0.5) is 4.79 Å². The molecule has 4 heteroatoms. The quantitative estimate of drug-likeness (QED) is 0.743. The SMILES string of the molecule is CCc1ccc(OC(=O)NCCNC)cc1. The van der Waals surface area contributed by atoms with Crippen molar-refractivity contribution < 1.29 is 9.53 Å². The number of likely N-dealkylation sites (N-methyl/N-ethyl adjacent to an activating group) is 1. The Morgan fingerprint density at radius 2 is 1.94 bits per heavy atom. The lowest BCUT2D eigenvalue weighted by Gasteiger charge is -2.06. The monoisotopic (exact) mass is 222 g/mol. The Morgan fingerprint density at radius 3 is 2.50 bits per heavy atom. The first-order chi connectivity index (χ1) is 7.76. The topological polar surface area (TPSA) is 50.4 Å². The van der Waals surface area contributed by atoms with Crippen molar-refractivity contribution in [3.63, 3.8) is 0 Å². The van der Waals surface area contributed by atoms with Crippen molar-refractivity contribution in [2.45, 2.75) is 13.3 Å². The number of benzene rings is 1. The lowest BCUT2D eigenvalue weighted by atomic mass is 10.2. The third-order valence-electron chi connectivity index (χ3n) is 2.19. The summed E-state index contributed by atoms with van der Waals surface area (Å²) in [6, 6.07) is 7.51. The summed E-state index contributed by atoms with van der Waals surface area (Å²) in [6.45, 7) is 3.37. The van der Waals surface area contributed by atoms with E-state index < -0.39 is 6.09 Å². The Bertz CT molecular complexity index is 322. The number of carbonyl (C=O) groups excluding carboxylic acids is 1. The van der Waals surface area contributed by atoms with E-state index in [1.807, 2.05) is 19.2 Å². The second kappa shape index (κ2) is 6.85. The zero-order chi connectivity index (χ0) is 11.8. The molecule has 88 valence electrons. The molecule has 0 heterocycles. The smallest absolute Gasteiger partial charge is 0.410 e. The molecule has 0 aliphatic heterocycles. The van der Waals surface area contributed by atoms with Crippen LogP contribution in [0.15, 0.2) is 24.3 Å². The fourth-order valence-corrected chi connectivity index (χ4v) is 1.23. The second-order valence-electron chi connectivity index (χ2n) is 3.42. The van der Waals surface area contributed by atoms with Gasteiger partial charge in [-0.1, -0.05) is 19.1 Å². The van der Waals surface area contributed by atoms with E-state index in [1.54, 1.807) is 12.1 Å². The molecule has 0 fully saturated rings. The predicted molar refractivity (Wildman–Crippen MR) is 63.8 cm³/mol. The van der Waals surface area contributed by atoms with Gasteiger partial charge in [0.25, 0.3) is 0 Å². The zero-order valence-corrected chi connectivity index (χ0v) is 9.75. The van der Waals surface area contributed by atoms with Crippen LogP contribution in [0.1, 0.15) is 12.5 Å². The standard InChI is InChI=1S/C12H18N2O2/c1-3-10-4-6-11(7-5-10)16-12(15)14-9-8-13-2/h4-7,13H,3,8-9H2,1-2H3,(H,14,15). The predicted octanol–water partition coefficient (Wildman–Crippen LogP) is 1.56. The molecule has 1 aromatic carbocycles. The van der Waals surface area contributed by atoms with Gasteiger partial charge >= 0.3 is 6.09 Å². The first-order valence-electron chi connectivity index (χ1n) is 5.45. The van der Waals surface area contributed by atoms with Gasteiger partial charge in [-0.2, -0.15) is 0 Å². The Kier molecular flexibility index (Phi) is 5.36. The van der Waals surface area contributed by atoms with Gasteiger partial charge in [-0.05, 0) is 31.2 Å². The average Bonchev–Trinajstić information content (AvgIpc) is 2.30. The molecular formula is C12H18N2O2. The Balaban J connectivity index is 2.37. The third kappa shape index (κ3) is 4.31. The van der Waals surface area contributed by atoms with Crippen molar-refractivity contribution in [1.82, 2.24) is 10.6 Å². The van der Waals surface area contributed by atoms with Gasteiger partial charge in [0.2, 0.25) is 0 Å². The molecule has 1 aromatic rings. The van der Waals surface area contributed by atoms with Gasteiger partial charge < -0.3 is 15.4 Å². The van der Waals surface area contributed by atoms with Crippen molar-refractivity contribution in [2.75, 3.05) is 20.1 Å². The Labute approximate surface area is 96.0 Å². The molecule has 0 aliphatic carbocycles. The minimum Gasteiger partial charge on any atom is -0.410 e. The van der Waals surface area contributed by atoms with Crippen molar-refractivity contribution in [3.8, 4) is 5.75 Å². The number of hydrogen-bond donors (Lipinski definition) is 2. The minimum atomic E-state index is -0.417.